The van der Waals surface area contributed by atoms with E-state index in [0.717, 1.165) is 5.69 Å². The maximum absolute atomic E-state index is 11.2. The van der Waals surface area contributed by atoms with E-state index >= 15 is 0 Å². The molecular formula is C9H15N3O2. The molecule has 0 fully saturated rings. The molecule has 1 aromatic heterocycles. The third-order valence-electron chi connectivity index (χ3n) is 2.05. The van der Waals surface area contributed by atoms with Gasteiger partial charge < -0.3 is 10.4 Å². The number of hydrogen-bond donors (Lipinski definition) is 3. The summed E-state index contributed by atoms with van der Waals surface area (Å²) in [4.78, 5) is 22.4. The van der Waals surface area contributed by atoms with Gasteiger partial charge in [0.05, 0.1) is 12.1 Å². The molecular weight excluding hydrogens is 182 g/mol. The molecule has 5 heteroatoms. The summed E-state index contributed by atoms with van der Waals surface area (Å²) < 4.78 is 0. The Bertz CT molecular complexity index is 376. The molecule has 0 aromatic carbocycles. The van der Waals surface area contributed by atoms with Crippen LogP contribution < -0.4 is 10.9 Å². The average Bonchev–Trinajstić information content (AvgIpc) is 2.43. The topological polar surface area (TPSA) is 77.8 Å². The standard InChI is InChI=1S/C9H15N3O2/c1-5(2)8(13)10-4-7-6(3)11-12-9(7)14/h5H,4H2,1-3H3,(H,10,13)(H2,11,12,14). The minimum absolute atomic E-state index is 0.0509. The summed E-state index contributed by atoms with van der Waals surface area (Å²) >= 11 is 0. The molecule has 0 aliphatic heterocycles. The van der Waals surface area contributed by atoms with Crippen molar-refractivity contribution in [3.05, 3.63) is 21.6 Å². The number of carbonyl (C=O) groups excluding carboxylic acids is 1. The number of aromatic amines is 2. The monoisotopic (exact) mass is 197 g/mol. The van der Waals surface area contributed by atoms with Crippen LogP contribution in [0.3, 0.4) is 0 Å². The summed E-state index contributed by atoms with van der Waals surface area (Å²) in [6.07, 6.45) is 0. The number of carbonyl (C=O) groups is 1. The normalized spacial score (nSPS) is 10.6. The molecule has 1 amide bonds. The van der Waals surface area contributed by atoms with E-state index in [1.807, 2.05) is 13.8 Å². The van der Waals surface area contributed by atoms with E-state index in [2.05, 4.69) is 15.5 Å². The number of nitrogens with one attached hydrogen (secondary N) is 3. The highest BCUT2D eigenvalue weighted by Gasteiger charge is 2.09. The molecule has 3 N–H and O–H groups in total. The van der Waals surface area contributed by atoms with E-state index in [1.165, 1.54) is 0 Å². The van der Waals surface area contributed by atoms with Crippen LogP contribution >= 0.6 is 0 Å². The first-order valence-electron chi connectivity index (χ1n) is 4.56. The van der Waals surface area contributed by atoms with Crippen LogP contribution in [0.15, 0.2) is 4.79 Å². The van der Waals surface area contributed by atoms with E-state index in [4.69, 9.17) is 0 Å². The van der Waals surface area contributed by atoms with Crippen molar-refractivity contribution >= 4 is 5.91 Å². The number of rotatable bonds is 3. The van der Waals surface area contributed by atoms with Gasteiger partial charge in [0.25, 0.3) is 5.56 Å². The zero-order valence-electron chi connectivity index (χ0n) is 8.60. The Morgan fingerprint density at radius 2 is 2.07 bits per heavy atom. The van der Waals surface area contributed by atoms with Gasteiger partial charge in [-0.1, -0.05) is 13.8 Å². The Labute approximate surface area is 81.9 Å². The van der Waals surface area contributed by atoms with Crippen LogP contribution in [-0.4, -0.2) is 16.1 Å². The van der Waals surface area contributed by atoms with Gasteiger partial charge in [-0.05, 0) is 6.92 Å². The van der Waals surface area contributed by atoms with Crippen LogP contribution in [0.5, 0.6) is 0 Å². The van der Waals surface area contributed by atoms with Crippen molar-refractivity contribution < 1.29 is 4.79 Å². The van der Waals surface area contributed by atoms with Gasteiger partial charge in [-0.25, -0.2) is 0 Å². The lowest BCUT2D eigenvalue weighted by atomic mass is 10.2. The summed E-state index contributed by atoms with van der Waals surface area (Å²) in [6, 6.07) is 0. The van der Waals surface area contributed by atoms with Crippen molar-refractivity contribution in [3.8, 4) is 0 Å². The summed E-state index contributed by atoms with van der Waals surface area (Å²) in [6.45, 7) is 5.68. The highest BCUT2D eigenvalue weighted by atomic mass is 16.2. The van der Waals surface area contributed by atoms with Crippen LogP contribution in [0.4, 0.5) is 0 Å². The van der Waals surface area contributed by atoms with E-state index in [0.29, 0.717) is 5.56 Å². The fraction of sp³-hybridized carbons (Fsp3) is 0.556. The van der Waals surface area contributed by atoms with Gasteiger partial charge in [-0.2, -0.15) is 0 Å². The molecule has 1 aromatic rings. The lowest BCUT2D eigenvalue weighted by Crippen LogP contribution is -2.29. The summed E-state index contributed by atoms with van der Waals surface area (Å²) in [5, 5.41) is 7.85. The van der Waals surface area contributed by atoms with Crippen LogP contribution in [-0.2, 0) is 11.3 Å². The Morgan fingerprint density at radius 1 is 1.43 bits per heavy atom. The van der Waals surface area contributed by atoms with Crippen LogP contribution in [0.1, 0.15) is 25.1 Å². The lowest BCUT2D eigenvalue weighted by Gasteiger charge is -2.05. The number of hydrogen-bond acceptors (Lipinski definition) is 2. The molecule has 0 atom stereocenters. The molecule has 0 unspecified atom stereocenters. The second-order valence-electron chi connectivity index (χ2n) is 3.56. The second-order valence-corrected chi connectivity index (χ2v) is 3.56. The molecule has 0 bridgehead atoms. The van der Waals surface area contributed by atoms with Crippen molar-refractivity contribution in [1.82, 2.24) is 15.5 Å². The number of aryl methyl sites for hydroxylation is 1. The first-order valence-corrected chi connectivity index (χ1v) is 4.56. The summed E-state index contributed by atoms with van der Waals surface area (Å²) in [5.41, 5.74) is 1.17. The highest BCUT2D eigenvalue weighted by Crippen LogP contribution is 1.97. The molecule has 5 nitrogen and oxygen atoms in total. The van der Waals surface area contributed by atoms with Crippen molar-refractivity contribution in [3.63, 3.8) is 0 Å². The molecule has 0 radical (unpaired) electrons. The van der Waals surface area contributed by atoms with Gasteiger partial charge in [0.1, 0.15) is 0 Å². The molecule has 14 heavy (non-hydrogen) atoms. The highest BCUT2D eigenvalue weighted by molar-refractivity contribution is 5.77. The first kappa shape index (κ1) is 10.6. The molecule has 0 aliphatic rings. The SMILES string of the molecule is Cc1[nH][nH]c(=O)c1CNC(=O)C(C)C. The minimum Gasteiger partial charge on any atom is -0.352 e. The minimum atomic E-state index is -0.174. The smallest absolute Gasteiger partial charge is 0.269 e. The Morgan fingerprint density at radius 3 is 2.50 bits per heavy atom. The Balaban J connectivity index is 2.62. The first-order chi connectivity index (χ1) is 6.52. The largest absolute Gasteiger partial charge is 0.352 e. The zero-order valence-corrected chi connectivity index (χ0v) is 8.60. The molecule has 78 valence electrons. The fourth-order valence-electron chi connectivity index (χ4n) is 1.06. The van der Waals surface area contributed by atoms with Crippen molar-refractivity contribution in [2.45, 2.75) is 27.3 Å². The molecule has 0 spiro atoms. The van der Waals surface area contributed by atoms with Gasteiger partial charge in [0.15, 0.2) is 0 Å². The number of amides is 1. The van der Waals surface area contributed by atoms with Gasteiger partial charge in [0.2, 0.25) is 5.91 Å². The quantitative estimate of drug-likeness (QED) is 0.651. The summed E-state index contributed by atoms with van der Waals surface area (Å²) in [5.74, 6) is -0.113. The molecule has 1 rings (SSSR count). The van der Waals surface area contributed by atoms with Crippen LogP contribution in [0.25, 0.3) is 0 Å². The maximum atomic E-state index is 11.2. The van der Waals surface area contributed by atoms with Crippen LogP contribution in [0, 0.1) is 12.8 Å². The van der Waals surface area contributed by atoms with E-state index in [-0.39, 0.29) is 23.9 Å². The van der Waals surface area contributed by atoms with E-state index < -0.39 is 0 Å². The van der Waals surface area contributed by atoms with E-state index in [1.54, 1.807) is 6.92 Å². The molecule has 0 saturated carbocycles. The lowest BCUT2D eigenvalue weighted by molar-refractivity contribution is -0.124. The van der Waals surface area contributed by atoms with Crippen molar-refractivity contribution in [2.75, 3.05) is 0 Å². The van der Waals surface area contributed by atoms with Gasteiger partial charge in [-0.3, -0.25) is 14.7 Å². The van der Waals surface area contributed by atoms with E-state index in [9.17, 15) is 9.59 Å². The number of aromatic nitrogens is 2. The van der Waals surface area contributed by atoms with Gasteiger partial charge in [-0.15, -0.1) is 0 Å². The predicted octanol–water partition coefficient (Wildman–Crippen LogP) is 0.284. The van der Waals surface area contributed by atoms with Crippen molar-refractivity contribution in [2.24, 2.45) is 5.92 Å². The van der Waals surface area contributed by atoms with Crippen molar-refractivity contribution in [1.29, 1.82) is 0 Å². The van der Waals surface area contributed by atoms with Gasteiger partial charge in [0, 0.05) is 11.6 Å². The van der Waals surface area contributed by atoms with Crippen LogP contribution in [0.2, 0.25) is 0 Å². The summed E-state index contributed by atoms with van der Waals surface area (Å²) in [7, 11) is 0. The molecule has 1 heterocycles. The number of H-pyrrole nitrogens is 2. The molecule has 0 saturated heterocycles. The van der Waals surface area contributed by atoms with Gasteiger partial charge >= 0.3 is 0 Å². The third-order valence-corrected chi connectivity index (χ3v) is 2.05. The fourth-order valence-corrected chi connectivity index (χ4v) is 1.06. The maximum Gasteiger partial charge on any atom is 0.269 e. The average molecular weight is 197 g/mol. The third kappa shape index (κ3) is 2.25. The predicted molar refractivity (Wildman–Crippen MR) is 52.8 cm³/mol. The molecule has 0 aliphatic carbocycles. The Kier molecular flexibility index (Phi) is 3.11. The second kappa shape index (κ2) is 4.13. The Hall–Kier alpha value is -1.52. The zero-order chi connectivity index (χ0) is 10.7.